The van der Waals surface area contributed by atoms with Gasteiger partial charge in [0.2, 0.25) is 0 Å². The molecule has 0 fully saturated rings. The number of amidine groups is 1. The SMILES string of the molecule is CCCSC1=N/C(=C\c2ccc(OC)cc2)C(=O)N1c1ccc(Cl)c(OC)c1. The zero-order chi connectivity index (χ0) is 20.1. The molecule has 1 aliphatic rings. The van der Waals surface area contributed by atoms with E-state index in [-0.39, 0.29) is 5.91 Å². The van der Waals surface area contributed by atoms with Crippen molar-refractivity contribution >= 4 is 46.2 Å². The zero-order valence-corrected chi connectivity index (χ0v) is 17.5. The first-order chi connectivity index (χ1) is 13.6. The standard InChI is InChI=1S/C21H21ClN2O3S/c1-4-11-28-21-23-18(12-14-5-8-16(26-2)9-6-14)20(25)24(21)15-7-10-17(22)19(13-15)27-3/h5-10,12-13H,4,11H2,1-3H3/b18-12-. The number of rotatable bonds is 6. The molecule has 1 aliphatic heterocycles. The number of aliphatic imine (C=N–C) groups is 1. The highest BCUT2D eigenvalue weighted by atomic mass is 35.5. The third-order valence-corrected chi connectivity index (χ3v) is 5.53. The van der Waals surface area contributed by atoms with E-state index in [0.717, 1.165) is 23.5 Å². The monoisotopic (exact) mass is 416 g/mol. The van der Waals surface area contributed by atoms with Gasteiger partial charge in [0.1, 0.15) is 17.2 Å². The van der Waals surface area contributed by atoms with Gasteiger partial charge in [0.25, 0.3) is 5.91 Å². The molecule has 0 atom stereocenters. The summed E-state index contributed by atoms with van der Waals surface area (Å²) < 4.78 is 10.5. The quantitative estimate of drug-likeness (QED) is 0.604. The summed E-state index contributed by atoms with van der Waals surface area (Å²) in [6, 6.07) is 12.7. The van der Waals surface area contributed by atoms with Crippen LogP contribution in [0.5, 0.6) is 11.5 Å². The van der Waals surface area contributed by atoms with Gasteiger partial charge in [-0.3, -0.25) is 9.69 Å². The van der Waals surface area contributed by atoms with Gasteiger partial charge in [-0.05, 0) is 42.3 Å². The van der Waals surface area contributed by atoms with Crippen LogP contribution < -0.4 is 14.4 Å². The minimum atomic E-state index is -0.182. The highest BCUT2D eigenvalue weighted by molar-refractivity contribution is 8.14. The molecule has 2 aromatic carbocycles. The van der Waals surface area contributed by atoms with E-state index in [1.807, 2.05) is 24.3 Å². The molecular weight excluding hydrogens is 396 g/mol. The molecule has 1 amide bonds. The van der Waals surface area contributed by atoms with Crippen LogP contribution in [-0.2, 0) is 4.79 Å². The summed E-state index contributed by atoms with van der Waals surface area (Å²) in [6.07, 6.45) is 2.76. The second kappa shape index (κ2) is 9.17. The van der Waals surface area contributed by atoms with Crippen molar-refractivity contribution < 1.29 is 14.3 Å². The molecule has 0 radical (unpaired) electrons. The van der Waals surface area contributed by atoms with Gasteiger partial charge >= 0.3 is 0 Å². The number of carbonyl (C=O) groups excluding carboxylic acids is 1. The predicted octanol–water partition coefficient (Wildman–Crippen LogP) is 5.24. The van der Waals surface area contributed by atoms with Crippen LogP contribution in [0.15, 0.2) is 53.2 Å². The topological polar surface area (TPSA) is 51.1 Å². The first-order valence-electron chi connectivity index (χ1n) is 8.82. The number of ether oxygens (including phenoxy) is 2. The Morgan fingerprint density at radius 2 is 1.89 bits per heavy atom. The van der Waals surface area contributed by atoms with Gasteiger partial charge in [0.05, 0.1) is 24.9 Å². The molecule has 0 N–H and O–H groups in total. The summed E-state index contributed by atoms with van der Waals surface area (Å²) in [7, 11) is 3.17. The molecule has 3 rings (SSSR count). The molecule has 0 bridgehead atoms. The number of hydrogen-bond acceptors (Lipinski definition) is 5. The summed E-state index contributed by atoms with van der Waals surface area (Å²) in [4.78, 5) is 19.3. The van der Waals surface area contributed by atoms with E-state index in [1.54, 1.807) is 55.2 Å². The smallest absolute Gasteiger partial charge is 0.283 e. The maximum absolute atomic E-state index is 13.1. The van der Waals surface area contributed by atoms with Crippen LogP contribution >= 0.6 is 23.4 Å². The van der Waals surface area contributed by atoms with E-state index in [2.05, 4.69) is 11.9 Å². The molecule has 5 nitrogen and oxygen atoms in total. The Hall–Kier alpha value is -2.44. The molecule has 0 unspecified atom stereocenters. The van der Waals surface area contributed by atoms with Crippen molar-refractivity contribution in [3.63, 3.8) is 0 Å². The first-order valence-corrected chi connectivity index (χ1v) is 10.2. The number of hydrogen-bond donors (Lipinski definition) is 0. The van der Waals surface area contributed by atoms with Crippen molar-refractivity contribution in [1.82, 2.24) is 0 Å². The predicted molar refractivity (Wildman–Crippen MR) is 117 cm³/mol. The molecule has 146 valence electrons. The lowest BCUT2D eigenvalue weighted by Gasteiger charge is -2.18. The first kappa shape index (κ1) is 20.3. The van der Waals surface area contributed by atoms with Gasteiger partial charge in [0, 0.05) is 11.8 Å². The molecule has 1 heterocycles. The number of nitrogens with zero attached hydrogens (tertiary/aromatic N) is 2. The molecule has 0 saturated carbocycles. The summed E-state index contributed by atoms with van der Waals surface area (Å²) in [6.45, 7) is 2.09. The van der Waals surface area contributed by atoms with Crippen molar-refractivity contribution in [2.75, 3.05) is 24.9 Å². The van der Waals surface area contributed by atoms with E-state index >= 15 is 0 Å². The Morgan fingerprint density at radius 3 is 2.54 bits per heavy atom. The molecule has 0 aromatic heterocycles. The Labute approximate surface area is 174 Å². The number of halogens is 1. The number of anilines is 1. The van der Waals surface area contributed by atoms with Crippen LogP contribution in [0.4, 0.5) is 5.69 Å². The van der Waals surface area contributed by atoms with Crippen LogP contribution in [0.2, 0.25) is 5.02 Å². The van der Waals surface area contributed by atoms with E-state index in [9.17, 15) is 4.79 Å². The third-order valence-electron chi connectivity index (χ3n) is 4.08. The van der Waals surface area contributed by atoms with Crippen molar-refractivity contribution in [3.05, 3.63) is 58.7 Å². The summed E-state index contributed by atoms with van der Waals surface area (Å²) in [5.74, 6) is 1.96. The Bertz CT molecular complexity index is 926. The van der Waals surface area contributed by atoms with Crippen LogP contribution in [0.1, 0.15) is 18.9 Å². The molecule has 0 spiro atoms. The minimum absolute atomic E-state index is 0.182. The fourth-order valence-electron chi connectivity index (χ4n) is 2.66. The van der Waals surface area contributed by atoms with E-state index in [4.69, 9.17) is 21.1 Å². The van der Waals surface area contributed by atoms with Crippen LogP contribution in [0.25, 0.3) is 6.08 Å². The minimum Gasteiger partial charge on any atom is -0.497 e. The fraction of sp³-hybridized carbons (Fsp3) is 0.238. The average molecular weight is 417 g/mol. The molecule has 2 aromatic rings. The maximum Gasteiger partial charge on any atom is 0.283 e. The summed E-state index contributed by atoms with van der Waals surface area (Å²) in [5.41, 5.74) is 1.94. The molecule has 7 heteroatoms. The number of benzene rings is 2. The summed E-state index contributed by atoms with van der Waals surface area (Å²) in [5, 5.41) is 1.14. The Morgan fingerprint density at radius 1 is 1.14 bits per heavy atom. The van der Waals surface area contributed by atoms with Gasteiger partial charge in [-0.25, -0.2) is 4.99 Å². The number of carbonyl (C=O) groups is 1. The highest BCUT2D eigenvalue weighted by Crippen LogP contribution is 2.34. The lowest BCUT2D eigenvalue weighted by Crippen LogP contribution is -2.30. The average Bonchev–Trinajstić information content (AvgIpc) is 3.02. The second-order valence-corrected chi connectivity index (χ2v) is 7.47. The normalized spacial score (nSPS) is 15.1. The molecule has 0 aliphatic carbocycles. The largest absolute Gasteiger partial charge is 0.497 e. The summed E-state index contributed by atoms with van der Waals surface area (Å²) >= 11 is 7.68. The van der Waals surface area contributed by atoms with Gasteiger partial charge in [-0.2, -0.15) is 0 Å². The highest BCUT2D eigenvalue weighted by Gasteiger charge is 2.32. The Balaban J connectivity index is 1.97. The van der Waals surface area contributed by atoms with Crippen LogP contribution in [0, 0.1) is 0 Å². The zero-order valence-electron chi connectivity index (χ0n) is 15.9. The van der Waals surface area contributed by atoms with Crippen molar-refractivity contribution in [2.45, 2.75) is 13.3 Å². The van der Waals surface area contributed by atoms with E-state index in [1.165, 1.54) is 0 Å². The number of amides is 1. The molecule has 28 heavy (non-hydrogen) atoms. The van der Waals surface area contributed by atoms with Gasteiger partial charge in [-0.1, -0.05) is 42.4 Å². The fourth-order valence-corrected chi connectivity index (χ4v) is 3.72. The lowest BCUT2D eigenvalue weighted by atomic mass is 10.2. The number of thioether (sulfide) groups is 1. The van der Waals surface area contributed by atoms with E-state index in [0.29, 0.717) is 27.3 Å². The van der Waals surface area contributed by atoms with Crippen LogP contribution in [-0.4, -0.2) is 31.0 Å². The van der Waals surface area contributed by atoms with Gasteiger partial charge in [0.15, 0.2) is 5.17 Å². The van der Waals surface area contributed by atoms with Gasteiger partial charge < -0.3 is 9.47 Å². The number of methoxy groups -OCH3 is 2. The van der Waals surface area contributed by atoms with E-state index < -0.39 is 0 Å². The van der Waals surface area contributed by atoms with Crippen molar-refractivity contribution in [2.24, 2.45) is 4.99 Å². The van der Waals surface area contributed by atoms with Crippen LogP contribution in [0.3, 0.4) is 0 Å². The Kier molecular flexibility index (Phi) is 6.65. The molecule has 0 saturated heterocycles. The van der Waals surface area contributed by atoms with Gasteiger partial charge in [-0.15, -0.1) is 0 Å². The maximum atomic E-state index is 13.1. The third kappa shape index (κ3) is 4.34. The van der Waals surface area contributed by atoms with Crippen molar-refractivity contribution in [3.8, 4) is 11.5 Å². The molecular formula is C21H21ClN2O3S. The van der Waals surface area contributed by atoms with Crippen molar-refractivity contribution in [1.29, 1.82) is 0 Å². The lowest BCUT2D eigenvalue weighted by molar-refractivity contribution is -0.113. The second-order valence-electron chi connectivity index (χ2n) is 6.00.